The molecule has 0 aliphatic carbocycles. The van der Waals surface area contributed by atoms with Crippen molar-refractivity contribution in [1.29, 1.82) is 0 Å². The Morgan fingerprint density at radius 2 is 1.96 bits per heavy atom. The molecular formula is C21H25N3O3. The molecular weight excluding hydrogens is 342 g/mol. The van der Waals surface area contributed by atoms with E-state index in [4.69, 9.17) is 14.5 Å². The molecule has 0 atom stereocenters. The van der Waals surface area contributed by atoms with Crippen molar-refractivity contribution in [2.45, 2.75) is 34.1 Å². The maximum Gasteiger partial charge on any atom is 0.172 e. The van der Waals surface area contributed by atoms with Gasteiger partial charge in [-0.1, -0.05) is 20.8 Å². The Morgan fingerprint density at radius 3 is 2.59 bits per heavy atom. The molecule has 0 spiro atoms. The molecule has 3 rings (SSSR count). The van der Waals surface area contributed by atoms with Gasteiger partial charge in [0.15, 0.2) is 22.9 Å². The van der Waals surface area contributed by atoms with Crippen molar-refractivity contribution >= 4 is 16.9 Å². The summed E-state index contributed by atoms with van der Waals surface area (Å²) >= 11 is 0. The second-order valence-electron chi connectivity index (χ2n) is 7.25. The van der Waals surface area contributed by atoms with Gasteiger partial charge in [-0.05, 0) is 31.0 Å². The number of benzene rings is 1. The first kappa shape index (κ1) is 18.9. The number of aromatic nitrogens is 3. The molecule has 2 heterocycles. The number of aryl methyl sites for hydroxylation is 1. The van der Waals surface area contributed by atoms with Gasteiger partial charge in [-0.3, -0.25) is 4.79 Å². The van der Waals surface area contributed by atoms with Crippen molar-refractivity contribution in [3.05, 3.63) is 35.7 Å². The van der Waals surface area contributed by atoms with Gasteiger partial charge in [0.1, 0.15) is 5.52 Å². The summed E-state index contributed by atoms with van der Waals surface area (Å²) in [7, 11) is 3.22. The molecule has 0 saturated heterocycles. The molecule has 0 amide bonds. The minimum Gasteiger partial charge on any atom is -0.493 e. The Balaban J connectivity index is 2.14. The van der Waals surface area contributed by atoms with Gasteiger partial charge >= 0.3 is 0 Å². The lowest BCUT2D eigenvalue weighted by Gasteiger charge is -2.20. The number of Topliss-reactive ketones (excluding diaryl/α,β-unsaturated/α-hetero) is 1. The predicted molar refractivity (Wildman–Crippen MR) is 106 cm³/mol. The number of aromatic amines is 1. The number of H-pyrrole nitrogens is 1. The summed E-state index contributed by atoms with van der Waals surface area (Å²) in [6, 6.07) is 3.84. The molecule has 1 aromatic carbocycles. The van der Waals surface area contributed by atoms with Crippen LogP contribution >= 0.6 is 0 Å². The first-order valence-electron chi connectivity index (χ1n) is 8.94. The number of hydrogen-bond acceptors (Lipinski definition) is 5. The molecule has 6 nitrogen and oxygen atoms in total. The topological polar surface area (TPSA) is 77.1 Å². The zero-order valence-electron chi connectivity index (χ0n) is 16.6. The number of hydrogen-bond donors (Lipinski definition) is 1. The smallest absolute Gasteiger partial charge is 0.172 e. The molecule has 0 aliphatic heterocycles. The Labute approximate surface area is 158 Å². The summed E-state index contributed by atoms with van der Waals surface area (Å²) < 4.78 is 10.8. The van der Waals surface area contributed by atoms with Crippen LogP contribution in [0, 0.1) is 12.3 Å². The number of nitrogens with one attached hydrogen (secondary N) is 1. The number of carbonyl (C=O) groups is 1. The van der Waals surface area contributed by atoms with E-state index in [2.05, 4.69) is 9.97 Å². The zero-order valence-corrected chi connectivity index (χ0v) is 16.6. The van der Waals surface area contributed by atoms with Crippen molar-refractivity contribution in [3.63, 3.8) is 0 Å². The first-order valence-corrected chi connectivity index (χ1v) is 8.94. The quantitative estimate of drug-likeness (QED) is 0.646. The fraction of sp³-hybridized carbons (Fsp3) is 0.381. The van der Waals surface area contributed by atoms with Crippen molar-refractivity contribution in [3.8, 4) is 22.8 Å². The highest BCUT2D eigenvalue weighted by Gasteiger charge is 2.29. The Bertz CT molecular complexity index is 1010. The third-order valence-electron chi connectivity index (χ3n) is 5.08. The second-order valence-corrected chi connectivity index (χ2v) is 7.25. The standard InChI is InChI=1S/C21H25N3O3/c1-7-21(3,4)19(25)14-10-22-20-17(14)24-15(11-23-20)13-8-12(2)18(27-6)16(9-13)26-5/h8-11H,7H2,1-6H3,(H,22,23). The van der Waals surface area contributed by atoms with Crippen molar-refractivity contribution in [2.75, 3.05) is 14.2 Å². The molecule has 0 fully saturated rings. The van der Waals surface area contributed by atoms with Crippen LogP contribution in [0.15, 0.2) is 24.5 Å². The molecule has 27 heavy (non-hydrogen) atoms. The summed E-state index contributed by atoms with van der Waals surface area (Å²) in [5.74, 6) is 1.38. The van der Waals surface area contributed by atoms with E-state index in [1.54, 1.807) is 26.6 Å². The van der Waals surface area contributed by atoms with Crippen LogP contribution in [0.2, 0.25) is 0 Å². The van der Waals surface area contributed by atoms with Gasteiger partial charge in [-0.15, -0.1) is 0 Å². The molecule has 0 saturated carbocycles. The van der Waals surface area contributed by atoms with Crippen molar-refractivity contribution in [1.82, 2.24) is 15.0 Å². The number of methoxy groups -OCH3 is 2. The van der Waals surface area contributed by atoms with Gasteiger partial charge < -0.3 is 14.5 Å². The molecule has 0 unspecified atom stereocenters. The average molecular weight is 367 g/mol. The Hall–Kier alpha value is -2.89. The summed E-state index contributed by atoms with van der Waals surface area (Å²) in [4.78, 5) is 25.2. The second kappa shape index (κ2) is 7.02. The number of ketones is 1. The minimum absolute atomic E-state index is 0.0613. The number of rotatable bonds is 6. The fourth-order valence-corrected chi connectivity index (χ4v) is 3.03. The first-order chi connectivity index (χ1) is 12.8. The molecule has 2 aromatic heterocycles. The SMILES string of the molecule is CCC(C)(C)C(=O)c1c[nH]c2ncc(-c3cc(C)c(OC)c(OC)c3)nc12. The Kier molecular flexibility index (Phi) is 4.91. The number of carbonyl (C=O) groups excluding carboxylic acids is 1. The van der Waals surface area contributed by atoms with Crippen LogP contribution in [-0.2, 0) is 0 Å². The molecule has 0 aliphatic rings. The highest BCUT2D eigenvalue weighted by atomic mass is 16.5. The third kappa shape index (κ3) is 3.27. The van der Waals surface area contributed by atoms with Gasteiger partial charge in [-0.25, -0.2) is 9.97 Å². The number of fused-ring (bicyclic) bond motifs is 1. The molecule has 3 aromatic rings. The average Bonchev–Trinajstić information content (AvgIpc) is 3.09. The molecule has 142 valence electrons. The minimum atomic E-state index is -0.452. The Morgan fingerprint density at radius 1 is 1.22 bits per heavy atom. The van der Waals surface area contributed by atoms with E-state index in [9.17, 15) is 4.79 Å². The monoisotopic (exact) mass is 367 g/mol. The highest BCUT2D eigenvalue weighted by Crippen LogP contribution is 2.36. The summed E-state index contributed by atoms with van der Waals surface area (Å²) in [6.45, 7) is 7.86. The van der Waals surface area contributed by atoms with Crippen molar-refractivity contribution in [2.24, 2.45) is 5.41 Å². The zero-order chi connectivity index (χ0) is 19.8. The van der Waals surface area contributed by atoms with E-state index >= 15 is 0 Å². The summed E-state index contributed by atoms with van der Waals surface area (Å²) in [5.41, 5.74) is 3.78. The van der Waals surface area contributed by atoms with E-state index in [0.29, 0.717) is 33.9 Å². The number of nitrogens with zero attached hydrogens (tertiary/aromatic N) is 2. The van der Waals surface area contributed by atoms with Crippen LogP contribution in [0.25, 0.3) is 22.4 Å². The van der Waals surface area contributed by atoms with Gasteiger partial charge in [0, 0.05) is 17.2 Å². The van der Waals surface area contributed by atoms with Gasteiger partial charge in [0.2, 0.25) is 0 Å². The van der Waals surface area contributed by atoms with Crippen LogP contribution in [0.1, 0.15) is 43.1 Å². The maximum atomic E-state index is 12.9. The lowest BCUT2D eigenvalue weighted by atomic mass is 9.82. The maximum absolute atomic E-state index is 12.9. The summed E-state index contributed by atoms with van der Waals surface area (Å²) in [6.07, 6.45) is 4.15. The molecule has 0 bridgehead atoms. The van der Waals surface area contributed by atoms with Crippen LogP contribution in [0.3, 0.4) is 0 Å². The molecule has 1 N–H and O–H groups in total. The number of ether oxygens (including phenoxy) is 2. The fourth-order valence-electron chi connectivity index (χ4n) is 3.03. The van der Waals surface area contributed by atoms with Gasteiger partial charge in [0.05, 0.1) is 31.7 Å². The normalized spacial score (nSPS) is 11.6. The van der Waals surface area contributed by atoms with E-state index in [-0.39, 0.29) is 5.78 Å². The van der Waals surface area contributed by atoms with Crippen LogP contribution in [-0.4, -0.2) is 35.0 Å². The summed E-state index contributed by atoms with van der Waals surface area (Å²) in [5, 5.41) is 0. The van der Waals surface area contributed by atoms with Gasteiger partial charge in [-0.2, -0.15) is 0 Å². The molecule has 6 heteroatoms. The largest absolute Gasteiger partial charge is 0.493 e. The van der Waals surface area contributed by atoms with E-state index in [1.165, 1.54) is 0 Å². The van der Waals surface area contributed by atoms with E-state index in [1.807, 2.05) is 39.8 Å². The highest BCUT2D eigenvalue weighted by molar-refractivity contribution is 6.08. The van der Waals surface area contributed by atoms with Gasteiger partial charge in [0.25, 0.3) is 0 Å². The van der Waals surface area contributed by atoms with Crippen LogP contribution in [0.5, 0.6) is 11.5 Å². The molecule has 0 radical (unpaired) electrons. The van der Waals surface area contributed by atoms with Crippen molar-refractivity contribution < 1.29 is 14.3 Å². The predicted octanol–water partition coefficient (Wildman–Crippen LogP) is 4.57. The van der Waals surface area contributed by atoms with E-state index in [0.717, 1.165) is 17.5 Å². The third-order valence-corrected chi connectivity index (χ3v) is 5.08. The van der Waals surface area contributed by atoms with Crippen LogP contribution in [0.4, 0.5) is 0 Å². The van der Waals surface area contributed by atoms with Crippen LogP contribution < -0.4 is 9.47 Å². The lowest BCUT2D eigenvalue weighted by Crippen LogP contribution is -2.23. The lowest BCUT2D eigenvalue weighted by molar-refractivity contribution is 0.0834. The van der Waals surface area contributed by atoms with E-state index < -0.39 is 5.41 Å².